The van der Waals surface area contributed by atoms with Gasteiger partial charge in [0.1, 0.15) is 13.2 Å². The molecule has 0 aromatic rings. The Bertz CT molecular complexity index is 2100. The van der Waals surface area contributed by atoms with Gasteiger partial charge in [-0.3, -0.25) is 9.59 Å². The summed E-state index contributed by atoms with van der Waals surface area (Å²) in [6.45, 7) is 4.65. The molecule has 0 radical (unpaired) electrons. The number of aliphatic carboxylic acids is 1. The van der Waals surface area contributed by atoms with Crippen molar-refractivity contribution in [1.82, 2.24) is 0 Å². The van der Waals surface area contributed by atoms with Crippen molar-refractivity contribution in [2.75, 3.05) is 47.5 Å². The number of hydrogen-bond acceptors (Lipinski definition) is 8. The van der Waals surface area contributed by atoms with E-state index in [1.54, 1.807) is 0 Å². The third kappa shape index (κ3) is 80.6. The molecule has 0 aliphatic carbocycles. The van der Waals surface area contributed by atoms with E-state index in [1.165, 1.54) is 218 Å². The van der Waals surface area contributed by atoms with Gasteiger partial charge < -0.3 is 33.3 Å². The van der Waals surface area contributed by atoms with Crippen molar-refractivity contribution in [3.05, 3.63) is 134 Å². The average Bonchev–Trinajstić information content (AvgIpc) is 1.16. The summed E-state index contributed by atoms with van der Waals surface area (Å²) in [6.07, 6.45) is 111. The molecule has 0 spiro atoms. The van der Waals surface area contributed by atoms with E-state index in [4.69, 9.17) is 18.9 Å². The molecule has 0 aromatic carbocycles. The summed E-state index contributed by atoms with van der Waals surface area (Å²) in [5.41, 5.74) is 0. The van der Waals surface area contributed by atoms with Crippen molar-refractivity contribution < 1.29 is 42.9 Å². The Morgan fingerprint density at radius 1 is 0.313 bits per heavy atom. The molecule has 0 aliphatic heterocycles. The standard InChI is InChI=1S/C90H155NO8/c1-6-8-10-12-14-16-18-20-22-24-26-28-30-32-34-36-38-40-42-43-44-45-47-48-50-52-54-56-58-60-62-64-66-68-70-72-74-76-78-80-87(92)97-84-86(85-98-90(89(94)95)96-83-82-91(3,4)5)99-88(93)81-79-77-75-73-71-69-67-65-63-61-59-57-55-53-51-49-46-41-39-37-35-33-31-29-27-25-23-21-19-17-15-13-11-9-7-2/h9,11,15,17-18,20-21,23-24,26-27,29-30,32-33,35,39,41,49,51,55,57,86,90H,6-8,10,12-14,16,19,22,25,28,31,34,36-38,40,42-48,50,52-54,56,58-85H2,1-5H3/b11-9-,17-15-,20-18-,23-21-,26-24-,29-27-,32-30-,35-33-,41-39-,51-49-,57-55-. The van der Waals surface area contributed by atoms with Gasteiger partial charge in [-0.25, -0.2) is 0 Å². The van der Waals surface area contributed by atoms with Crippen LogP contribution in [-0.4, -0.2) is 82.3 Å². The van der Waals surface area contributed by atoms with Crippen LogP contribution in [0.5, 0.6) is 0 Å². The van der Waals surface area contributed by atoms with Crippen LogP contribution in [-0.2, 0) is 33.3 Å². The highest BCUT2D eigenvalue weighted by Crippen LogP contribution is 2.19. The molecule has 0 saturated heterocycles. The number of carbonyl (C=O) groups excluding carboxylic acids is 3. The van der Waals surface area contributed by atoms with E-state index >= 15 is 0 Å². The number of quaternary nitrogens is 1. The van der Waals surface area contributed by atoms with Crippen molar-refractivity contribution in [1.29, 1.82) is 0 Å². The van der Waals surface area contributed by atoms with Gasteiger partial charge in [-0.2, -0.15) is 0 Å². The van der Waals surface area contributed by atoms with E-state index in [0.717, 1.165) is 109 Å². The monoisotopic (exact) mass is 1380 g/mol. The van der Waals surface area contributed by atoms with Crippen LogP contribution in [0, 0.1) is 0 Å². The number of nitrogens with zero attached hydrogens (tertiary/aromatic N) is 1. The topological polar surface area (TPSA) is 111 Å². The molecule has 99 heavy (non-hydrogen) atoms. The third-order valence-corrected chi connectivity index (χ3v) is 17.9. The lowest BCUT2D eigenvalue weighted by Crippen LogP contribution is -2.44. The number of carbonyl (C=O) groups is 3. The summed E-state index contributed by atoms with van der Waals surface area (Å²) >= 11 is 0. The van der Waals surface area contributed by atoms with Gasteiger partial charge >= 0.3 is 11.9 Å². The van der Waals surface area contributed by atoms with Gasteiger partial charge in [-0.05, 0) is 116 Å². The van der Waals surface area contributed by atoms with Gasteiger partial charge in [-0.1, -0.05) is 366 Å². The van der Waals surface area contributed by atoms with Crippen LogP contribution >= 0.6 is 0 Å². The van der Waals surface area contributed by atoms with E-state index in [1.807, 2.05) is 21.1 Å². The maximum Gasteiger partial charge on any atom is 0.306 e. The van der Waals surface area contributed by atoms with Crippen LogP contribution in [0.15, 0.2) is 134 Å². The Morgan fingerprint density at radius 3 is 0.859 bits per heavy atom. The van der Waals surface area contributed by atoms with Crippen LogP contribution in [0.3, 0.4) is 0 Å². The molecule has 568 valence electrons. The quantitative estimate of drug-likeness (QED) is 0.0195. The summed E-state index contributed by atoms with van der Waals surface area (Å²) < 4.78 is 22.9. The highest BCUT2D eigenvalue weighted by atomic mass is 16.7. The second kappa shape index (κ2) is 79.1. The predicted molar refractivity (Wildman–Crippen MR) is 426 cm³/mol. The van der Waals surface area contributed by atoms with Gasteiger partial charge in [-0.15, -0.1) is 0 Å². The second-order valence-corrected chi connectivity index (χ2v) is 28.7. The zero-order valence-electron chi connectivity index (χ0n) is 65.1. The molecular weight excluding hydrogens is 1220 g/mol. The Kier molecular flexibility index (Phi) is 75.5. The van der Waals surface area contributed by atoms with Crippen LogP contribution < -0.4 is 5.11 Å². The maximum atomic E-state index is 13.0. The largest absolute Gasteiger partial charge is 0.545 e. The first-order chi connectivity index (χ1) is 48.6. The zero-order chi connectivity index (χ0) is 71.8. The van der Waals surface area contributed by atoms with Crippen LogP contribution in [0.4, 0.5) is 0 Å². The van der Waals surface area contributed by atoms with Crippen molar-refractivity contribution >= 4 is 17.9 Å². The lowest BCUT2D eigenvalue weighted by Gasteiger charge is -2.26. The number of allylic oxidation sites excluding steroid dienone is 22. The summed E-state index contributed by atoms with van der Waals surface area (Å²) in [4.78, 5) is 37.6. The number of ether oxygens (including phenoxy) is 4. The Labute approximate surface area is 611 Å². The number of carboxylic acid groups (broad SMARTS) is 1. The Hall–Kier alpha value is -4.57. The molecule has 0 saturated carbocycles. The molecule has 9 nitrogen and oxygen atoms in total. The smallest absolute Gasteiger partial charge is 0.306 e. The Balaban J connectivity index is 4.03. The number of hydrogen-bond donors (Lipinski definition) is 0. The van der Waals surface area contributed by atoms with E-state index in [-0.39, 0.29) is 38.6 Å². The summed E-state index contributed by atoms with van der Waals surface area (Å²) in [5.74, 6) is -2.28. The lowest BCUT2D eigenvalue weighted by atomic mass is 10.0. The van der Waals surface area contributed by atoms with E-state index < -0.39 is 24.3 Å². The van der Waals surface area contributed by atoms with Crippen LogP contribution in [0.25, 0.3) is 0 Å². The molecule has 0 amide bonds. The number of unbranched alkanes of at least 4 members (excludes halogenated alkanes) is 39. The first-order valence-electron chi connectivity index (χ1n) is 41.3. The second-order valence-electron chi connectivity index (χ2n) is 28.7. The van der Waals surface area contributed by atoms with Crippen molar-refractivity contribution in [2.45, 2.75) is 373 Å². The van der Waals surface area contributed by atoms with Crippen molar-refractivity contribution in [3.63, 3.8) is 0 Å². The Morgan fingerprint density at radius 2 is 0.576 bits per heavy atom. The lowest BCUT2D eigenvalue weighted by molar-refractivity contribution is -0.870. The number of likely N-dealkylation sites (N-methyl/N-ethyl adjacent to an activating group) is 1. The number of esters is 2. The van der Waals surface area contributed by atoms with Gasteiger partial charge in [0.05, 0.1) is 40.3 Å². The van der Waals surface area contributed by atoms with E-state index in [2.05, 4.69) is 148 Å². The van der Waals surface area contributed by atoms with Gasteiger partial charge in [0.2, 0.25) is 0 Å². The average molecular weight is 1380 g/mol. The van der Waals surface area contributed by atoms with Gasteiger partial charge in [0.15, 0.2) is 12.4 Å². The molecule has 2 atom stereocenters. The third-order valence-electron chi connectivity index (χ3n) is 17.9. The number of rotatable bonds is 76. The summed E-state index contributed by atoms with van der Waals surface area (Å²) in [7, 11) is 5.94. The fraction of sp³-hybridized carbons (Fsp3) is 0.722. The molecular formula is C90H155NO8. The van der Waals surface area contributed by atoms with E-state index in [0.29, 0.717) is 17.4 Å². The van der Waals surface area contributed by atoms with Crippen LogP contribution in [0.2, 0.25) is 0 Å². The van der Waals surface area contributed by atoms with Crippen molar-refractivity contribution in [2.24, 2.45) is 0 Å². The first kappa shape index (κ1) is 94.4. The predicted octanol–water partition coefficient (Wildman–Crippen LogP) is 25.5. The van der Waals surface area contributed by atoms with E-state index in [9.17, 15) is 19.5 Å². The minimum atomic E-state index is -1.63. The van der Waals surface area contributed by atoms with Crippen LogP contribution in [0.1, 0.15) is 361 Å². The highest BCUT2D eigenvalue weighted by molar-refractivity contribution is 5.70. The van der Waals surface area contributed by atoms with Gasteiger partial charge in [0, 0.05) is 12.8 Å². The highest BCUT2D eigenvalue weighted by Gasteiger charge is 2.22. The minimum absolute atomic E-state index is 0.143. The summed E-state index contributed by atoms with van der Waals surface area (Å²) in [6, 6.07) is 0. The molecule has 9 heteroatoms. The fourth-order valence-corrected chi connectivity index (χ4v) is 11.6. The molecule has 0 rings (SSSR count). The maximum absolute atomic E-state index is 13.0. The molecule has 0 aromatic heterocycles. The minimum Gasteiger partial charge on any atom is -0.545 e. The SMILES string of the molecule is CC/C=C\C/C=C\C/C=C\C/C=C\C/C=C\C/C=C\C/C=C\C/C=C\CCCCCCCCCCCCC(=O)OC(COC(=O)CCCCCCCCCCCCCCCCCCCCCCCCCC/C=C\C/C=C\C/C=C\CCCCCCC)COC(OCC[N+](C)(C)C)C(=O)[O-]. The van der Waals surface area contributed by atoms with Crippen molar-refractivity contribution in [3.8, 4) is 0 Å². The molecule has 0 bridgehead atoms. The molecule has 0 aliphatic rings. The first-order valence-corrected chi connectivity index (χ1v) is 41.3. The summed E-state index contributed by atoms with van der Waals surface area (Å²) in [5, 5.41) is 11.9. The molecule has 0 heterocycles. The fourth-order valence-electron chi connectivity index (χ4n) is 11.6. The van der Waals surface area contributed by atoms with Gasteiger partial charge in [0.25, 0.3) is 0 Å². The normalized spacial score (nSPS) is 13.3. The number of carboxylic acids is 1. The molecule has 2 unspecified atom stereocenters. The molecule has 0 N–H and O–H groups in total. The molecule has 0 fully saturated rings. The zero-order valence-corrected chi connectivity index (χ0v) is 65.1.